The number of aliphatic hydroxyl groups excluding tert-OH is 1. The van der Waals surface area contributed by atoms with E-state index in [1.807, 2.05) is 80.6 Å². The molecule has 0 aromatic heterocycles. The summed E-state index contributed by atoms with van der Waals surface area (Å²) in [5, 5.41) is 10.9. The van der Waals surface area contributed by atoms with Crippen LogP contribution in [0.3, 0.4) is 0 Å². The highest BCUT2D eigenvalue weighted by Crippen LogP contribution is 2.64. The highest BCUT2D eigenvalue weighted by atomic mass is 16.3. The summed E-state index contributed by atoms with van der Waals surface area (Å²) in [5.74, 6) is -1.66. The monoisotopic (exact) mass is 409 g/mol. The first-order chi connectivity index (χ1) is 15.0. The SMILES string of the molecule is Cc1ccc(N2C(=O)[C@@H]3[C@@H](C2=O)C2c4ccccc4C3(CO)c3ccccc32)c(C)c1. The molecular formula is C27H23NO3. The van der Waals surface area contributed by atoms with Gasteiger partial charge in [0.1, 0.15) is 0 Å². The number of benzene rings is 3. The molecule has 2 bridgehead atoms. The molecule has 1 fully saturated rings. The zero-order valence-electron chi connectivity index (χ0n) is 17.5. The smallest absolute Gasteiger partial charge is 0.239 e. The Kier molecular flexibility index (Phi) is 3.67. The van der Waals surface area contributed by atoms with Crippen molar-refractivity contribution in [2.45, 2.75) is 25.2 Å². The van der Waals surface area contributed by atoms with Gasteiger partial charge in [0.05, 0.1) is 29.5 Å². The second-order valence-corrected chi connectivity index (χ2v) is 9.09. The van der Waals surface area contributed by atoms with E-state index in [9.17, 15) is 14.7 Å². The van der Waals surface area contributed by atoms with Crippen LogP contribution in [0.5, 0.6) is 0 Å². The minimum atomic E-state index is -0.910. The Balaban J connectivity index is 1.64. The fourth-order valence-corrected chi connectivity index (χ4v) is 6.49. The minimum absolute atomic E-state index is 0.159. The standard InChI is InChI=1S/C27H23NO3/c1-15-11-12-21(16(2)13-15)28-25(30)23-22-17-7-3-5-9-19(17)27(14-29,24(23)26(28)31)20-10-6-4-8-18(20)22/h3-13,22-24,29H,14H2,1-2H3/t22?,23-,24-,27?/m0/s1. The number of aliphatic hydroxyl groups is 1. The van der Waals surface area contributed by atoms with E-state index in [0.29, 0.717) is 5.69 Å². The minimum Gasteiger partial charge on any atom is -0.395 e. The molecule has 4 heteroatoms. The third kappa shape index (κ3) is 2.08. The summed E-state index contributed by atoms with van der Waals surface area (Å²) in [6.45, 7) is 3.72. The molecule has 4 nitrogen and oxygen atoms in total. The highest BCUT2D eigenvalue weighted by molar-refractivity contribution is 6.24. The van der Waals surface area contributed by atoms with Crippen molar-refractivity contribution >= 4 is 17.5 Å². The Morgan fingerprint density at radius 2 is 1.48 bits per heavy atom. The Morgan fingerprint density at radius 3 is 2.06 bits per heavy atom. The second-order valence-electron chi connectivity index (χ2n) is 9.09. The van der Waals surface area contributed by atoms with Gasteiger partial charge >= 0.3 is 0 Å². The molecule has 0 spiro atoms. The van der Waals surface area contributed by atoms with E-state index in [1.54, 1.807) is 0 Å². The number of nitrogens with zero attached hydrogens (tertiary/aromatic N) is 1. The molecule has 1 heterocycles. The lowest BCUT2D eigenvalue weighted by molar-refractivity contribution is -0.124. The van der Waals surface area contributed by atoms with Gasteiger partial charge in [0, 0.05) is 5.92 Å². The van der Waals surface area contributed by atoms with Gasteiger partial charge in [0.15, 0.2) is 0 Å². The lowest BCUT2D eigenvalue weighted by Gasteiger charge is -2.53. The van der Waals surface area contributed by atoms with Crippen LogP contribution in [-0.2, 0) is 15.0 Å². The molecule has 154 valence electrons. The van der Waals surface area contributed by atoms with Crippen molar-refractivity contribution in [2.24, 2.45) is 11.8 Å². The fraction of sp³-hybridized carbons (Fsp3) is 0.259. The molecule has 31 heavy (non-hydrogen) atoms. The van der Waals surface area contributed by atoms with Gasteiger partial charge in [-0.25, -0.2) is 4.90 Å². The maximum absolute atomic E-state index is 14.0. The second kappa shape index (κ2) is 6.14. The number of carbonyl (C=O) groups excluding carboxylic acids is 2. The van der Waals surface area contributed by atoms with Gasteiger partial charge < -0.3 is 5.11 Å². The molecule has 1 N–H and O–H groups in total. The van der Waals surface area contributed by atoms with Crippen LogP contribution in [0.4, 0.5) is 5.69 Å². The largest absolute Gasteiger partial charge is 0.395 e. The highest BCUT2D eigenvalue weighted by Gasteiger charge is 2.68. The van der Waals surface area contributed by atoms with E-state index in [0.717, 1.165) is 33.4 Å². The zero-order valence-corrected chi connectivity index (χ0v) is 17.5. The summed E-state index contributed by atoms with van der Waals surface area (Å²) in [4.78, 5) is 29.2. The number of aryl methyl sites for hydroxylation is 2. The van der Waals surface area contributed by atoms with Gasteiger partial charge in [0.2, 0.25) is 11.8 Å². The topological polar surface area (TPSA) is 57.6 Å². The number of hydrogen-bond acceptors (Lipinski definition) is 3. The third-order valence-electron chi connectivity index (χ3n) is 7.64. The summed E-state index contributed by atoms with van der Waals surface area (Å²) in [6, 6.07) is 21.8. The van der Waals surface area contributed by atoms with Crippen LogP contribution in [0.25, 0.3) is 0 Å². The average Bonchev–Trinajstić information content (AvgIpc) is 3.05. The lowest BCUT2D eigenvalue weighted by atomic mass is 9.47. The van der Waals surface area contributed by atoms with Gasteiger partial charge in [-0.15, -0.1) is 0 Å². The number of amides is 2. The number of rotatable bonds is 2. The van der Waals surface area contributed by atoms with Crippen molar-refractivity contribution in [1.82, 2.24) is 0 Å². The van der Waals surface area contributed by atoms with Crippen molar-refractivity contribution in [2.75, 3.05) is 11.5 Å². The molecular weight excluding hydrogens is 386 g/mol. The molecule has 4 aliphatic rings. The maximum atomic E-state index is 14.0. The van der Waals surface area contributed by atoms with Crippen molar-refractivity contribution in [3.05, 3.63) is 100 Å². The van der Waals surface area contributed by atoms with E-state index in [2.05, 4.69) is 0 Å². The molecule has 3 aromatic rings. The molecule has 1 saturated heterocycles. The maximum Gasteiger partial charge on any atom is 0.239 e. The number of hydrogen-bond donors (Lipinski definition) is 1. The van der Waals surface area contributed by atoms with E-state index in [-0.39, 0.29) is 24.3 Å². The number of imide groups is 1. The van der Waals surface area contributed by atoms with E-state index in [4.69, 9.17) is 0 Å². The molecule has 0 radical (unpaired) electrons. The van der Waals surface area contributed by atoms with Gasteiger partial charge in [-0.2, -0.15) is 0 Å². The predicted octanol–water partition coefficient (Wildman–Crippen LogP) is 3.85. The van der Waals surface area contributed by atoms with Crippen LogP contribution in [0.1, 0.15) is 39.3 Å². The fourth-order valence-electron chi connectivity index (χ4n) is 6.49. The van der Waals surface area contributed by atoms with Crippen LogP contribution in [0.15, 0.2) is 66.7 Å². The van der Waals surface area contributed by atoms with Crippen LogP contribution < -0.4 is 4.90 Å². The Bertz CT molecular complexity index is 1230. The van der Waals surface area contributed by atoms with Gasteiger partial charge in [-0.3, -0.25) is 9.59 Å². The van der Waals surface area contributed by atoms with Gasteiger partial charge in [0.25, 0.3) is 0 Å². The molecule has 2 amide bonds. The summed E-state index contributed by atoms with van der Waals surface area (Å²) < 4.78 is 0. The lowest BCUT2D eigenvalue weighted by Crippen LogP contribution is -2.55. The molecule has 0 saturated carbocycles. The summed E-state index contributed by atoms with van der Waals surface area (Å²) in [6.07, 6.45) is 0. The zero-order chi connectivity index (χ0) is 21.5. The molecule has 3 aliphatic carbocycles. The van der Waals surface area contributed by atoms with Gasteiger partial charge in [-0.1, -0.05) is 66.2 Å². The van der Waals surface area contributed by atoms with E-state index in [1.165, 1.54) is 4.90 Å². The number of carbonyl (C=O) groups is 2. The van der Waals surface area contributed by atoms with Crippen LogP contribution in [0.2, 0.25) is 0 Å². The van der Waals surface area contributed by atoms with Crippen LogP contribution in [-0.4, -0.2) is 23.5 Å². The Morgan fingerprint density at radius 1 is 0.871 bits per heavy atom. The average molecular weight is 409 g/mol. The van der Waals surface area contributed by atoms with Crippen LogP contribution >= 0.6 is 0 Å². The van der Waals surface area contributed by atoms with Crippen molar-refractivity contribution in [3.8, 4) is 0 Å². The summed E-state index contributed by atoms with van der Waals surface area (Å²) in [5.41, 5.74) is 5.80. The van der Waals surface area contributed by atoms with Crippen molar-refractivity contribution < 1.29 is 14.7 Å². The summed E-state index contributed by atoms with van der Waals surface area (Å²) in [7, 11) is 0. The summed E-state index contributed by atoms with van der Waals surface area (Å²) >= 11 is 0. The molecule has 2 atom stereocenters. The molecule has 3 aromatic carbocycles. The predicted molar refractivity (Wildman–Crippen MR) is 118 cm³/mol. The Hall–Kier alpha value is -3.24. The normalized spacial score (nSPS) is 27.8. The molecule has 7 rings (SSSR count). The molecule has 1 aliphatic heterocycles. The molecule has 0 unspecified atom stereocenters. The van der Waals surface area contributed by atoms with Gasteiger partial charge in [-0.05, 0) is 47.7 Å². The first-order valence-electron chi connectivity index (χ1n) is 10.8. The van der Waals surface area contributed by atoms with Crippen LogP contribution in [0, 0.1) is 25.7 Å². The Labute approximate surface area is 181 Å². The number of anilines is 1. The van der Waals surface area contributed by atoms with Crippen molar-refractivity contribution in [3.63, 3.8) is 0 Å². The first-order valence-corrected chi connectivity index (χ1v) is 10.8. The first kappa shape index (κ1) is 18.5. The van der Waals surface area contributed by atoms with Crippen molar-refractivity contribution in [1.29, 1.82) is 0 Å². The van der Waals surface area contributed by atoms with E-state index >= 15 is 0 Å². The quantitative estimate of drug-likeness (QED) is 0.654. The third-order valence-corrected chi connectivity index (χ3v) is 7.64. The van der Waals surface area contributed by atoms with E-state index < -0.39 is 17.3 Å².